The zero-order chi connectivity index (χ0) is 23.6. The molecule has 1 atom stereocenters. The van der Waals surface area contributed by atoms with Crippen molar-refractivity contribution in [2.24, 2.45) is 5.92 Å². The highest BCUT2D eigenvalue weighted by molar-refractivity contribution is 5.87. The molecule has 0 fully saturated rings. The first-order valence-corrected chi connectivity index (χ1v) is 12.0. The average Bonchev–Trinajstić information content (AvgIpc) is 2.84. The van der Waals surface area contributed by atoms with Crippen LogP contribution in [0, 0.1) is 5.92 Å². The van der Waals surface area contributed by atoms with E-state index in [-0.39, 0.29) is 11.8 Å². The molecule has 1 aliphatic heterocycles. The minimum absolute atomic E-state index is 0.00707. The number of carbonyl (C=O) groups is 2. The van der Waals surface area contributed by atoms with Crippen LogP contribution in [0.15, 0.2) is 48.5 Å². The van der Waals surface area contributed by atoms with Gasteiger partial charge in [0.25, 0.3) is 0 Å². The zero-order valence-corrected chi connectivity index (χ0v) is 20.0. The Balaban J connectivity index is 1.69. The number of amides is 2. The highest BCUT2D eigenvalue weighted by atomic mass is 16.6. The first-order chi connectivity index (χ1) is 16.0. The lowest BCUT2D eigenvalue weighted by atomic mass is 10.0. The lowest BCUT2D eigenvalue weighted by Gasteiger charge is -2.31. The van der Waals surface area contributed by atoms with Crippen molar-refractivity contribution in [2.45, 2.75) is 52.5 Å². The van der Waals surface area contributed by atoms with Crippen molar-refractivity contribution in [3.05, 3.63) is 59.7 Å². The van der Waals surface area contributed by atoms with Crippen molar-refractivity contribution in [3.8, 4) is 11.5 Å². The van der Waals surface area contributed by atoms with Crippen molar-refractivity contribution < 1.29 is 19.1 Å². The Kier molecular flexibility index (Phi) is 9.16. The average molecular weight is 453 g/mol. The van der Waals surface area contributed by atoms with Gasteiger partial charge in [-0.1, -0.05) is 57.2 Å². The molecule has 33 heavy (non-hydrogen) atoms. The first kappa shape index (κ1) is 24.6. The fourth-order valence-electron chi connectivity index (χ4n) is 3.96. The van der Waals surface area contributed by atoms with Gasteiger partial charge >= 0.3 is 0 Å². The van der Waals surface area contributed by atoms with Gasteiger partial charge in [0, 0.05) is 19.5 Å². The van der Waals surface area contributed by atoms with Crippen molar-refractivity contribution in [1.82, 2.24) is 10.2 Å². The SMILES string of the molecule is CC[C@@H](C(=O)NCC(C)C)N(CCc1ccccc1)C(=O)CCc1ccc2c(c1)OCCO2. The van der Waals surface area contributed by atoms with Gasteiger partial charge in [0.1, 0.15) is 19.3 Å². The van der Waals surface area contributed by atoms with Gasteiger partial charge in [0.05, 0.1) is 0 Å². The maximum Gasteiger partial charge on any atom is 0.242 e. The lowest BCUT2D eigenvalue weighted by molar-refractivity contribution is -0.140. The van der Waals surface area contributed by atoms with Gasteiger partial charge in [-0.3, -0.25) is 9.59 Å². The summed E-state index contributed by atoms with van der Waals surface area (Å²) >= 11 is 0. The van der Waals surface area contributed by atoms with Gasteiger partial charge in [0.2, 0.25) is 11.8 Å². The molecule has 0 unspecified atom stereocenters. The van der Waals surface area contributed by atoms with Crippen molar-refractivity contribution >= 4 is 11.8 Å². The Hall–Kier alpha value is -3.02. The standard InChI is InChI=1S/C27H36N2O4/c1-4-23(27(31)28-19-20(2)3)29(15-14-21-8-6-5-7-9-21)26(30)13-11-22-10-12-24-25(18-22)33-17-16-32-24/h5-10,12,18,20,23H,4,11,13-17,19H2,1-3H3,(H,28,31)/t23-/m0/s1. The van der Waals surface area contributed by atoms with Crippen LogP contribution in [0.5, 0.6) is 11.5 Å². The number of ether oxygens (including phenoxy) is 2. The normalized spacial score (nSPS) is 13.5. The quantitative estimate of drug-likeness (QED) is 0.559. The number of fused-ring (bicyclic) bond motifs is 1. The summed E-state index contributed by atoms with van der Waals surface area (Å²) < 4.78 is 11.2. The number of hydrogen-bond donors (Lipinski definition) is 1. The minimum atomic E-state index is -0.472. The van der Waals surface area contributed by atoms with Gasteiger partial charge in [-0.15, -0.1) is 0 Å². The number of nitrogens with one attached hydrogen (secondary N) is 1. The number of carbonyl (C=O) groups excluding carboxylic acids is 2. The summed E-state index contributed by atoms with van der Waals surface area (Å²) in [5.74, 6) is 1.75. The van der Waals surface area contributed by atoms with E-state index in [2.05, 4.69) is 31.3 Å². The van der Waals surface area contributed by atoms with Crippen LogP contribution in [-0.2, 0) is 22.4 Å². The van der Waals surface area contributed by atoms with E-state index >= 15 is 0 Å². The highest BCUT2D eigenvalue weighted by Gasteiger charge is 2.28. The fourth-order valence-corrected chi connectivity index (χ4v) is 3.96. The van der Waals surface area contributed by atoms with Gasteiger partial charge in [-0.25, -0.2) is 0 Å². The maximum absolute atomic E-state index is 13.4. The molecule has 2 aromatic carbocycles. The molecule has 0 saturated carbocycles. The third kappa shape index (κ3) is 7.24. The Morgan fingerprint density at radius 1 is 0.970 bits per heavy atom. The molecule has 1 N–H and O–H groups in total. The Morgan fingerprint density at radius 3 is 2.39 bits per heavy atom. The molecule has 0 spiro atoms. The molecule has 0 bridgehead atoms. The molecule has 3 rings (SSSR count). The monoisotopic (exact) mass is 452 g/mol. The number of rotatable bonds is 11. The van der Waals surface area contributed by atoms with E-state index in [1.165, 1.54) is 0 Å². The van der Waals surface area contributed by atoms with Crippen LogP contribution in [0.1, 0.15) is 44.7 Å². The molecule has 6 heteroatoms. The second-order valence-corrected chi connectivity index (χ2v) is 8.86. The van der Waals surface area contributed by atoms with E-state index in [9.17, 15) is 9.59 Å². The Bertz CT molecular complexity index is 914. The highest BCUT2D eigenvalue weighted by Crippen LogP contribution is 2.31. The van der Waals surface area contributed by atoms with E-state index in [1.807, 2.05) is 43.3 Å². The topological polar surface area (TPSA) is 67.9 Å². The summed E-state index contributed by atoms with van der Waals surface area (Å²) in [4.78, 5) is 28.1. The summed E-state index contributed by atoms with van der Waals surface area (Å²) in [5, 5.41) is 3.01. The van der Waals surface area contributed by atoms with Crippen LogP contribution in [0.25, 0.3) is 0 Å². The molecule has 6 nitrogen and oxygen atoms in total. The fraction of sp³-hybridized carbons (Fsp3) is 0.481. The molecule has 0 radical (unpaired) electrons. The van der Waals surface area contributed by atoms with Crippen LogP contribution in [0.4, 0.5) is 0 Å². The van der Waals surface area contributed by atoms with Crippen LogP contribution < -0.4 is 14.8 Å². The van der Waals surface area contributed by atoms with Gasteiger partial charge in [-0.2, -0.15) is 0 Å². The summed E-state index contributed by atoms with van der Waals surface area (Å²) in [6.07, 6.45) is 2.21. The van der Waals surface area contributed by atoms with Gasteiger partial charge in [-0.05, 0) is 48.4 Å². The minimum Gasteiger partial charge on any atom is -0.486 e. The van der Waals surface area contributed by atoms with E-state index in [0.717, 1.165) is 22.6 Å². The third-order valence-electron chi connectivity index (χ3n) is 5.79. The van der Waals surface area contributed by atoms with E-state index in [4.69, 9.17) is 9.47 Å². The lowest BCUT2D eigenvalue weighted by Crippen LogP contribution is -2.50. The molecule has 0 aromatic heterocycles. The van der Waals surface area contributed by atoms with Crippen molar-refractivity contribution in [3.63, 3.8) is 0 Å². The Labute approximate surface area is 197 Å². The molecule has 2 aromatic rings. The summed E-state index contributed by atoms with van der Waals surface area (Å²) in [6.45, 7) is 8.29. The number of nitrogens with zero attached hydrogens (tertiary/aromatic N) is 1. The molecule has 1 heterocycles. The predicted octanol–water partition coefficient (Wildman–Crippen LogP) is 4.01. The number of aryl methyl sites for hydroxylation is 1. The molecule has 0 saturated heterocycles. The molecular formula is C27H36N2O4. The third-order valence-corrected chi connectivity index (χ3v) is 5.79. The Morgan fingerprint density at radius 2 is 1.70 bits per heavy atom. The molecule has 178 valence electrons. The maximum atomic E-state index is 13.4. The molecule has 2 amide bonds. The first-order valence-electron chi connectivity index (χ1n) is 12.0. The van der Waals surface area contributed by atoms with Gasteiger partial charge in [0.15, 0.2) is 11.5 Å². The van der Waals surface area contributed by atoms with E-state index in [0.29, 0.717) is 57.9 Å². The second kappa shape index (κ2) is 12.3. The zero-order valence-electron chi connectivity index (χ0n) is 20.0. The molecular weight excluding hydrogens is 416 g/mol. The summed E-state index contributed by atoms with van der Waals surface area (Å²) in [5.41, 5.74) is 2.17. The van der Waals surface area contributed by atoms with Crippen molar-refractivity contribution in [1.29, 1.82) is 0 Å². The van der Waals surface area contributed by atoms with Gasteiger partial charge < -0.3 is 19.7 Å². The summed E-state index contributed by atoms with van der Waals surface area (Å²) in [7, 11) is 0. The van der Waals surface area contributed by atoms with E-state index in [1.54, 1.807) is 4.90 Å². The number of benzene rings is 2. The van der Waals surface area contributed by atoms with Crippen LogP contribution >= 0.6 is 0 Å². The summed E-state index contributed by atoms with van der Waals surface area (Å²) in [6, 6.07) is 15.4. The number of hydrogen-bond acceptors (Lipinski definition) is 4. The predicted molar refractivity (Wildman–Crippen MR) is 130 cm³/mol. The van der Waals surface area contributed by atoms with E-state index < -0.39 is 6.04 Å². The molecule has 1 aliphatic rings. The van der Waals surface area contributed by atoms with Crippen molar-refractivity contribution in [2.75, 3.05) is 26.3 Å². The van der Waals surface area contributed by atoms with Crippen LogP contribution in [-0.4, -0.2) is 49.1 Å². The second-order valence-electron chi connectivity index (χ2n) is 8.86. The smallest absolute Gasteiger partial charge is 0.242 e. The van der Waals surface area contributed by atoms with Crippen LogP contribution in [0.2, 0.25) is 0 Å². The van der Waals surface area contributed by atoms with Crippen LogP contribution in [0.3, 0.4) is 0 Å². The largest absolute Gasteiger partial charge is 0.486 e. The molecule has 0 aliphatic carbocycles.